The van der Waals surface area contributed by atoms with Crippen LogP contribution >= 0.6 is 0 Å². The standard InChI is InChI=1S/C10H14O4/c1-8(11)10(14-12-2)13-9-6-4-3-5-7-9/h3-8,10-11H,1-2H3. The monoisotopic (exact) mass is 198 g/mol. The summed E-state index contributed by atoms with van der Waals surface area (Å²) < 4.78 is 5.32. The number of benzene rings is 1. The molecule has 2 atom stereocenters. The van der Waals surface area contributed by atoms with E-state index in [1.54, 1.807) is 19.1 Å². The second kappa shape index (κ2) is 5.59. The first-order chi connectivity index (χ1) is 6.74. The zero-order valence-corrected chi connectivity index (χ0v) is 8.21. The second-order valence-electron chi connectivity index (χ2n) is 2.80. The summed E-state index contributed by atoms with van der Waals surface area (Å²) in [6, 6.07) is 9.09. The lowest BCUT2D eigenvalue weighted by atomic mass is 10.3. The predicted octanol–water partition coefficient (Wildman–Crippen LogP) is 1.35. The Morgan fingerprint density at radius 3 is 2.36 bits per heavy atom. The molecule has 4 nitrogen and oxygen atoms in total. The third kappa shape index (κ3) is 3.33. The molecule has 0 bridgehead atoms. The molecule has 14 heavy (non-hydrogen) atoms. The largest absolute Gasteiger partial charge is 0.459 e. The van der Waals surface area contributed by atoms with E-state index in [1.807, 2.05) is 18.2 Å². The van der Waals surface area contributed by atoms with Crippen LogP contribution in [-0.2, 0) is 9.78 Å². The Kier molecular flexibility index (Phi) is 4.39. The summed E-state index contributed by atoms with van der Waals surface area (Å²) in [5.74, 6) is 0.621. The van der Waals surface area contributed by atoms with Crippen molar-refractivity contribution in [3.8, 4) is 5.75 Å². The molecular formula is C10H14O4. The molecule has 1 rings (SSSR count). The first kappa shape index (κ1) is 11.0. The fraction of sp³-hybridized carbons (Fsp3) is 0.400. The molecule has 0 aromatic heterocycles. The lowest BCUT2D eigenvalue weighted by molar-refractivity contribution is -0.361. The van der Waals surface area contributed by atoms with Crippen molar-refractivity contribution in [3.05, 3.63) is 30.3 Å². The molecule has 0 aliphatic heterocycles. The number of aliphatic hydroxyl groups excluding tert-OH is 1. The van der Waals surface area contributed by atoms with Crippen molar-refractivity contribution in [2.45, 2.75) is 19.3 Å². The average molecular weight is 198 g/mol. The molecule has 0 aliphatic rings. The van der Waals surface area contributed by atoms with Gasteiger partial charge in [-0.05, 0) is 19.1 Å². The molecule has 1 aromatic rings. The first-order valence-electron chi connectivity index (χ1n) is 4.33. The highest BCUT2D eigenvalue weighted by atomic mass is 17.2. The van der Waals surface area contributed by atoms with Gasteiger partial charge in [0.25, 0.3) is 6.29 Å². The summed E-state index contributed by atoms with van der Waals surface area (Å²) in [4.78, 5) is 9.19. The highest BCUT2D eigenvalue weighted by Crippen LogP contribution is 2.13. The Hall–Kier alpha value is -1.10. The SMILES string of the molecule is COOC(Oc1ccccc1)C(C)O. The second-order valence-corrected chi connectivity index (χ2v) is 2.80. The minimum atomic E-state index is -0.817. The summed E-state index contributed by atoms with van der Waals surface area (Å²) in [7, 11) is 1.36. The van der Waals surface area contributed by atoms with Gasteiger partial charge in [0, 0.05) is 0 Å². The van der Waals surface area contributed by atoms with Crippen LogP contribution in [0.4, 0.5) is 0 Å². The molecule has 78 valence electrons. The van der Waals surface area contributed by atoms with Gasteiger partial charge in [-0.2, -0.15) is 4.89 Å². The Labute approximate surface area is 83.0 Å². The number of para-hydroxylation sites is 1. The maximum absolute atomic E-state index is 9.27. The average Bonchev–Trinajstić information content (AvgIpc) is 2.18. The van der Waals surface area contributed by atoms with Crippen molar-refractivity contribution >= 4 is 0 Å². The first-order valence-corrected chi connectivity index (χ1v) is 4.33. The molecule has 2 unspecified atom stereocenters. The van der Waals surface area contributed by atoms with Gasteiger partial charge in [-0.25, -0.2) is 4.89 Å². The lowest BCUT2D eigenvalue weighted by Gasteiger charge is -2.19. The molecule has 0 saturated heterocycles. The topological polar surface area (TPSA) is 47.9 Å². The summed E-state index contributed by atoms with van der Waals surface area (Å²) in [6.07, 6.45) is -1.59. The summed E-state index contributed by atoms with van der Waals surface area (Å²) in [6.45, 7) is 1.56. The zero-order valence-electron chi connectivity index (χ0n) is 8.21. The zero-order chi connectivity index (χ0) is 10.4. The van der Waals surface area contributed by atoms with Crippen LogP contribution < -0.4 is 4.74 Å². The molecule has 4 heteroatoms. The van der Waals surface area contributed by atoms with Crippen molar-refractivity contribution in [1.29, 1.82) is 0 Å². The number of rotatable bonds is 5. The minimum Gasteiger partial charge on any atom is -0.459 e. The summed E-state index contributed by atoms with van der Waals surface area (Å²) in [5, 5.41) is 9.27. The van der Waals surface area contributed by atoms with Gasteiger partial charge in [0.1, 0.15) is 11.9 Å². The third-order valence-electron chi connectivity index (χ3n) is 1.58. The molecule has 0 amide bonds. The van der Waals surface area contributed by atoms with Crippen molar-refractivity contribution in [1.82, 2.24) is 0 Å². The minimum absolute atomic E-state index is 0.621. The molecule has 0 fully saturated rings. The fourth-order valence-electron chi connectivity index (χ4n) is 0.927. The molecule has 0 radical (unpaired) electrons. The Balaban J connectivity index is 2.55. The smallest absolute Gasteiger partial charge is 0.256 e. The van der Waals surface area contributed by atoms with Crippen molar-refractivity contribution in [2.24, 2.45) is 0 Å². The number of aliphatic hydroxyl groups is 1. The van der Waals surface area contributed by atoms with E-state index in [4.69, 9.17) is 9.62 Å². The van der Waals surface area contributed by atoms with Crippen LogP contribution in [0.25, 0.3) is 0 Å². The Morgan fingerprint density at radius 2 is 1.86 bits per heavy atom. The molecule has 0 saturated carbocycles. The van der Waals surface area contributed by atoms with Crippen LogP contribution in [0, 0.1) is 0 Å². The lowest BCUT2D eigenvalue weighted by Crippen LogP contribution is -2.31. The van der Waals surface area contributed by atoms with E-state index in [9.17, 15) is 5.11 Å². The van der Waals surface area contributed by atoms with Gasteiger partial charge in [-0.1, -0.05) is 18.2 Å². The van der Waals surface area contributed by atoms with E-state index in [1.165, 1.54) is 7.11 Å². The van der Waals surface area contributed by atoms with Crippen molar-refractivity contribution in [2.75, 3.05) is 7.11 Å². The van der Waals surface area contributed by atoms with E-state index in [0.29, 0.717) is 5.75 Å². The van der Waals surface area contributed by atoms with Crippen LogP contribution in [0.5, 0.6) is 5.75 Å². The van der Waals surface area contributed by atoms with E-state index in [2.05, 4.69) is 4.89 Å². The normalized spacial score (nSPS) is 14.8. The van der Waals surface area contributed by atoms with Gasteiger partial charge in [0.15, 0.2) is 0 Å². The van der Waals surface area contributed by atoms with Crippen molar-refractivity contribution in [3.63, 3.8) is 0 Å². The van der Waals surface area contributed by atoms with E-state index >= 15 is 0 Å². The maximum atomic E-state index is 9.27. The van der Waals surface area contributed by atoms with Gasteiger partial charge in [0.05, 0.1) is 7.11 Å². The van der Waals surface area contributed by atoms with Crippen molar-refractivity contribution < 1.29 is 19.6 Å². The van der Waals surface area contributed by atoms with E-state index < -0.39 is 12.4 Å². The van der Waals surface area contributed by atoms with Gasteiger partial charge < -0.3 is 9.84 Å². The van der Waals surface area contributed by atoms with Crippen LogP contribution in [0.3, 0.4) is 0 Å². The molecule has 0 aliphatic carbocycles. The predicted molar refractivity (Wildman–Crippen MR) is 50.6 cm³/mol. The highest BCUT2D eigenvalue weighted by Gasteiger charge is 2.17. The molecule has 1 N–H and O–H groups in total. The van der Waals surface area contributed by atoms with E-state index in [0.717, 1.165) is 0 Å². The van der Waals surface area contributed by atoms with Gasteiger partial charge in [0.2, 0.25) is 0 Å². The molecule has 0 heterocycles. The molecular weight excluding hydrogens is 184 g/mol. The highest BCUT2D eigenvalue weighted by molar-refractivity contribution is 5.21. The van der Waals surface area contributed by atoms with Crippen LogP contribution in [0.1, 0.15) is 6.92 Å². The van der Waals surface area contributed by atoms with Gasteiger partial charge in [-0.3, -0.25) is 0 Å². The molecule has 1 aromatic carbocycles. The third-order valence-corrected chi connectivity index (χ3v) is 1.58. The van der Waals surface area contributed by atoms with Gasteiger partial charge in [-0.15, -0.1) is 0 Å². The van der Waals surface area contributed by atoms with Crippen LogP contribution in [0.2, 0.25) is 0 Å². The summed E-state index contributed by atoms with van der Waals surface area (Å²) >= 11 is 0. The number of hydrogen-bond acceptors (Lipinski definition) is 4. The maximum Gasteiger partial charge on any atom is 0.256 e. The van der Waals surface area contributed by atoms with Crippen LogP contribution in [-0.4, -0.2) is 24.6 Å². The van der Waals surface area contributed by atoms with E-state index in [-0.39, 0.29) is 0 Å². The summed E-state index contributed by atoms with van der Waals surface area (Å²) in [5.41, 5.74) is 0. The Morgan fingerprint density at radius 1 is 1.21 bits per heavy atom. The molecule has 0 spiro atoms. The number of hydrogen-bond donors (Lipinski definition) is 1. The van der Waals surface area contributed by atoms with Gasteiger partial charge >= 0.3 is 0 Å². The quantitative estimate of drug-likeness (QED) is 0.441. The Bertz CT molecular complexity index is 248. The van der Waals surface area contributed by atoms with Crippen LogP contribution in [0.15, 0.2) is 30.3 Å². The number of ether oxygens (including phenoxy) is 1. The fourth-order valence-corrected chi connectivity index (χ4v) is 0.927.